The zero-order chi connectivity index (χ0) is 29.4. The van der Waals surface area contributed by atoms with Gasteiger partial charge in [0.05, 0.1) is 6.10 Å². The third-order valence-corrected chi connectivity index (χ3v) is 12.7. The van der Waals surface area contributed by atoms with Crippen LogP contribution in [0.2, 0.25) is 0 Å². The molecule has 5 unspecified atom stereocenters. The Labute approximate surface area is 245 Å². The number of amides is 1. The second kappa shape index (κ2) is 10.2. The van der Waals surface area contributed by atoms with Gasteiger partial charge >= 0.3 is 12.1 Å². The predicted octanol–water partition coefficient (Wildman–Crippen LogP) is 5.38. The fourth-order valence-electron chi connectivity index (χ4n) is 10.8. The maximum absolute atomic E-state index is 14.3. The van der Waals surface area contributed by atoms with Crippen molar-refractivity contribution < 1.29 is 28.6 Å². The van der Waals surface area contributed by atoms with Crippen LogP contribution in [0.15, 0.2) is 0 Å². The molecule has 2 heterocycles. The molecule has 6 aliphatic rings. The third kappa shape index (κ3) is 4.83. The minimum Gasteiger partial charge on any atom is -0.461 e. The van der Waals surface area contributed by atoms with E-state index in [4.69, 9.17) is 14.2 Å². The molecule has 4 saturated carbocycles. The van der Waals surface area contributed by atoms with Crippen LogP contribution >= 0.6 is 0 Å². The van der Waals surface area contributed by atoms with Gasteiger partial charge in [0, 0.05) is 23.7 Å². The van der Waals surface area contributed by atoms with Gasteiger partial charge in [0.2, 0.25) is 0 Å². The number of esters is 1. The molecule has 0 radical (unpaired) electrons. The summed E-state index contributed by atoms with van der Waals surface area (Å²) in [5, 5.41) is 6.25. The number of ether oxygens (including phenoxy) is 3. The van der Waals surface area contributed by atoms with Crippen LogP contribution in [0.3, 0.4) is 0 Å². The van der Waals surface area contributed by atoms with Gasteiger partial charge in [0.1, 0.15) is 29.8 Å². The molecule has 6 rings (SSSR count). The summed E-state index contributed by atoms with van der Waals surface area (Å²) in [5.41, 5.74) is -1.05. The molecule has 2 saturated heterocycles. The highest BCUT2D eigenvalue weighted by atomic mass is 16.6. The van der Waals surface area contributed by atoms with E-state index in [0.717, 1.165) is 51.5 Å². The molecular formula is C33H52N2O6. The molecule has 230 valence electrons. The fourth-order valence-corrected chi connectivity index (χ4v) is 10.8. The highest BCUT2D eigenvalue weighted by Crippen LogP contribution is 2.70. The van der Waals surface area contributed by atoms with Crippen molar-refractivity contribution in [3.8, 4) is 0 Å². The standard InChI is InChI=1S/C33H52N2O6/c1-19-28-25(40-33(19)12-7-8-14-35-33)16-24-22-10-9-20-15-21(39-27(37)18-34-29(38)41-30(2,3)4)11-13-31(20,5)23(22)17-26(36)32(24,28)6/h19-25,28,35H,7-18H2,1-6H3,(H,34,38)/t19-,20-,21-,22?,23?,24?,25?,28?,31-,32+,33+/m0/s1. The van der Waals surface area contributed by atoms with E-state index < -0.39 is 17.7 Å². The van der Waals surface area contributed by atoms with Gasteiger partial charge in [-0.3, -0.25) is 14.9 Å². The van der Waals surface area contributed by atoms with E-state index in [1.807, 2.05) is 0 Å². The molecule has 8 heteroatoms. The summed E-state index contributed by atoms with van der Waals surface area (Å²) in [5.74, 6) is 2.52. The van der Waals surface area contributed by atoms with Gasteiger partial charge in [0.25, 0.3) is 0 Å². The van der Waals surface area contributed by atoms with Crippen LogP contribution in [-0.2, 0) is 23.8 Å². The van der Waals surface area contributed by atoms with Crippen LogP contribution < -0.4 is 10.6 Å². The Bertz CT molecular complexity index is 1060. The fraction of sp³-hybridized carbons (Fsp3) is 0.909. The first-order chi connectivity index (χ1) is 19.3. The van der Waals surface area contributed by atoms with Crippen molar-refractivity contribution in [1.29, 1.82) is 0 Å². The summed E-state index contributed by atoms with van der Waals surface area (Å²) < 4.78 is 18.0. The number of fused-ring (bicyclic) bond motifs is 7. The van der Waals surface area contributed by atoms with Gasteiger partial charge in [-0.05, 0) is 114 Å². The maximum atomic E-state index is 14.3. The summed E-state index contributed by atoms with van der Waals surface area (Å²) in [6.07, 6.45) is 9.51. The number of alkyl carbamates (subject to hydrolysis) is 1. The molecular weight excluding hydrogens is 520 g/mol. The summed E-state index contributed by atoms with van der Waals surface area (Å²) in [7, 11) is 0. The van der Waals surface area contributed by atoms with E-state index in [2.05, 4.69) is 31.4 Å². The quantitative estimate of drug-likeness (QED) is 0.438. The van der Waals surface area contributed by atoms with Crippen LogP contribution in [0.5, 0.6) is 0 Å². The minimum absolute atomic E-state index is 0.0912. The number of nitrogens with one attached hydrogen (secondary N) is 2. The predicted molar refractivity (Wildman–Crippen MR) is 154 cm³/mol. The molecule has 0 bridgehead atoms. The number of Topliss-reactive ketones (excluding diaryl/α,β-unsaturated/α-hetero) is 1. The average molecular weight is 573 g/mol. The van der Waals surface area contributed by atoms with Gasteiger partial charge in [-0.1, -0.05) is 20.8 Å². The van der Waals surface area contributed by atoms with Gasteiger partial charge in [-0.15, -0.1) is 0 Å². The molecule has 2 N–H and O–H groups in total. The highest BCUT2D eigenvalue weighted by molar-refractivity contribution is 5.87. The SMILES string of the molecule is C[C@H]1C2C(CC3C4CC[C@H]5C[C@@H](OC(=O)CNC(=O)OC(C)(C)C)CC[C@]5(C)C4CC(=O)[C@@]32C)O[C@]12CCCCN2. The van der Waals surface area contributed by atoms with Crippen molar-refractivity contribution in [1.82, 2.24) is 10.6 Å². The molecule has 0 aromatic rings. The van der Waals surface area contributed by atoms with Gasteiger partial charge in [-0.2, -0.15) is 0 Å². The number of hydrogen-bond donors (Lipinski definition) is 2. The van der Waals surface area contributed by atoms with Gasteiger partial charge in [-0.25, -0.2) is 4.79 Å². The largest absolute Gasteiger partial charge is 0.461 e. The molecule has 4 aliphatic carbocycles. The number of carbonyl (C=O) groups excluding carboxylic acids is 3. The van der Waals surface area contributed by atoms with Crippen LogP contribution in [0, 0.1) is 46.3 Å². The van der Waals surface area contributed by atoms with Crippen molar-refractivity contribution in [2.24, 2.45) is 46.3 Å². The highest BCUT2D eigenvalue weighted by Gasteiger charge is 2.71. The van der Waals surface area contributed by atoms with E-state index in [9.17, 15) is 14.4 Å². The molecule has 0 aromatic heterocycles. The van der Waals surface area contributed by atoms with Gasteiger partial charge in [0.15, 0.2) is 0 Å². The van der Waals surface area contributed by atoms with E-state index in [-0.39, 0.29) is 35.3 Å². The lowest BCUT2D eigenvalue weighted by atomic mass is 9.44. The van der Waals surface area contributed by atoms with E-state index >= 15 is 0 Å². The summed E-state index contributed by atoms with van der Waals surface area (Å²) in [6.45, 7) is 13.3. The Morgan fingerprint density at radius 3 is 2.56 bits per heavy atom. The average Bonchev–Trinajstić information content (AvgIpc) is 3.34. The first-order valence-electron chi connectivity index (χ1n) is 16.4. The second-order valence-electron chi connectivity index (χ2n) is 15.8. The van der Waals surface area contributed by atoms with Crippen molar-refractivity contribution in [3.63, 3.8) is 0 Å². The number of rotatable bonds is 3. The topological polar surface area (TPSA) is 103 Å². The summed E-state index contributed by atoms with van der Waals surface area (Å²) >= 11 is 0. The number of piperidine rings is 1. The van der Waals surface area contributed by atoms with Crippen LogP contribution in [0.1, 0.15) is 106 Å². The first kappa shape index (κ1) is 29.4. The van der Waals surface area contributed by atoms with Crippen molar-refractivity contribution >= 4 is 17.8 Å². The smallest absolute Gasteiger partial charge is 0.408 e. The van der Waals surface area contributed by atoms with E-state index in [1.54, 1.807) is 20.8 Å². The lowest BCUT2D eigenvalue weighted by Crippen LogP contribution is -2.59. The molecule has 8 nitrogen and oxygen atoms in total. The van der Waals surface area contributed by atoms with Crippen molar-refractivity contribution in [2.45, 2.75) is 129 Å². The first-order valence-corrected chi connectivity index (χ1v) is 16.4. The maximum Gasteiger partial charge on any atom is 0.408 e. The number of carbonyl (C=O) groups is 3. The normalized spacial score (nSPS) is 47.1. The molecule has 0 aromatic carbocycles. The molecule has 6 fully saturated rings. The zero-order valence-corrected chi connectivity index (χ0v) is 26.1. The summed E-state index contributed by atoms with van der Waals surface area (Å²) in [4.78, 5) is 38.7. The van der Waals surface area contributed by atoms with Crippen LogP contribution in [0.25, 0.3) is 0 Å². The molecule has 1 spiro atoms. The molecule has 2 aliphatic heterocycles. The van der Waals surface area contributed by atoms with Crippen molar-refractivity contribution in [3.05, 3.63) is 0 Å². The molecule has 1 amide bonds. The number of ketones is 1. The van der Waals surface area contributed by atoms with E-state index in [0.29, 0.717) is 47.7 Å². The van der Waals surface area contributed by atoms with Crippen LogP contribution in [-0.4, -0.2) is 54.5 Å². The van der Waals surface area contributed by atoms with Crippen LogP contribution in [0.4, 0.5) is 4.79 Å². The van der Waals surface area contributed by atoms with Crippen molar-refractivity contribution in [2.75, 3.05) is 13.1 Å². The van der Waals surface area contributed by atoms with E-state index in [1.165, 1.54) is 12.8 Å². The Balaban J connectivity index is 1.10. The zero-order valence-electron chi connectivity index (χ0n) is 26.1. The lowest BCUT2D eigenvalue weighted by Gasteiger charge is -2.60. The minimum atomic E-state index is -0.615. The molecule has 41 heavy (non-hydrogen) atoms. The Morgan fingerprint density at radius 1 is 1.07 bits per heavy atom. The Hall–Kier alpha value is -1.67. The van der Waals surface area contributed by atoms with Gasteiger partial charge < -0.3 is 19.5 Å². The lowest BCUT2D eigenvalue weighted by molar-refractivity contribution is -0.169. The molecule has 11 atom stereocenters. The Morgan fingerprint density at radius 2 is 1.85 bits per heavy atom. The number of hydrogen-bond acceptors (Lipinski definition) is 7. The summed E-state index contributed by atoms with van der Waals surface area (Å²) in [6, 6.07) is 0. The Kier molecular flexibility index (Phi) is 7.32. The third-order valence-electron chi connectivity index (χ3n) is 12.7. The second-order valence-corrected chi connectivity index (χ2v) is 15.8. The monoisotopic (exact) mass is 572 g/mol.